The van der Waals surface area contributed by atoms with Crippen molar-refractivity contribution < 1.29 is 53.1 Å². The molecule has 0 saturated heterocycles. The number of carbonyl (C=O) groups is 10. The first-order chi connectivity index (χ1) is 28.8. The predicted octanol–water partition coefficient (Wildman–Crippen LogP) is -2.30. The molecule has 0 aromatic heterocycles. The van der Waals surface area contributed by atoms with Gasteiger partial charge in [0.1, 0.15) is 30.2 Å². The first-order valence-corrected chi connectivity index (χ1v) is 19.3. The molecule has 0 unspecified atom stereocenters. The van der Waals surface area contributed by atoms with Crippen molar-refractivity contribution in [1.82, 2.24) is 42.5 Å². The molecule has 0 spiro atoms. The molecule has 0 aliphatic carbocycles. The number of aliphatic carboxylic acids is 1. The van der Waals surface area contributed by atoms with E-state index in [2.05, 4.69) is 42.5 Å². The highest BCUT2D eigenvalue weighted by atomic mass is 16.4. The maximum Gasteiger partial charge on any atom is 0.326 e. The fraction of sp³-hybridized carbons (Fsp3) is 0.415. The SMILES string of the molecule is CC(=O)NC[C@H](NC(=O)/C=C/C(=O)NCC(=O)NCC(=O)N[C@@H](Cc1ccccc1)C(=O)O)C(=O)N[C@@H](Cc1ccccc1)C(=O)N[C@H](C(=O)N[C@H](C(N)=O)C(C)C)C(C)C. The summed E-state index contributed by atoms with van der Waals surface area (Å²) < 4.78 is 0. The lowest BCUT2D eigenvalue weighted by Gasteiger charge is -2.28. The summed E-state index contributed by atoms with van der Waals surface area (Å²) in [5, 5.41) is 28.8. The number of hydrogen-bond donors (Lipinski definition) is 10. The fourth-order valence-electron chi connectivity index (χ4n) is 5.52. The van der Waals surface area contributed by atoms with Crippen molar-refractivity contribution in [2.24, 2.45) is 17.6 Å². The van der Waals surface area contributed by atoms with Gasteiger partial charge in [0.05, 0.1) is 13.1 Å². The number of carboxylic acid groups (broad SMARTS) is 1. The Morgan fingerprint density at radius 3 is 1.56 bits per heavy atom. The average Bonchev–Trinajstić information content (AvgIpc) is 3.20. The maximum absolute atomic E-state index is 13.8. The van der Waals surface area contributed by atoms with Gasteiger partial charge in [0.2, 0.25) is 53.2 Å². The van der Waals surface area contributed by atoms with Crippen LogP contribution in [0.25, 0.3) is 0 Å². The maximum atomic E-state index is 13.8. The van der Waals surface area contributed by atoms with E-state index < -0.39 is 115 Å². The van der Waals surface area contributed by atoms with Crippen molar-refractivity contribution in [3.63, 3.8) is 0 Å². The minimum Gasteiger partial charge on any atom is -0.480 e. The Kier molecular flexibility index (Phi) is 20.8. The molecule has 20 heteroatoms. The first-order valence-electron chi connectivity index (χ1n) is 19.3. The van der Waals surface area contributed by atoms with Crippen molar-refractivity contribution >= 4 is 59.1 Å². The van der Waals surface area contributed by atoms with E-state index in [9.17, 15) is 53.1 Å². The van der Waals surface area contributed by atoms with Gasteiger partial charge in [0.25, 0.3) is 0 Å². The van der Waals surface area contributed by atoms with E-state index in [-0.39, 0.29) is 18.8 Å². The minimum atomic E-state index is -1.48. The summed E-state index contributed by atoms with van der Waals surface area (Å²) in [7, 11) is 0. The second-order valence-electron chi connectivity index (χ2n) is 14.6. The summed E-state index contributed by atoms with van der Waals surface area (Å²) in [6, 6.07) is 11.0. The zero-order valence-corrected chi connectivity index (χ0v) is 34.6. The predicted molar refractivity (Wildman–Crippen MR) is 220 cm³/mol. The second kappa shape index (κ2) is 25.4. The fourth-order valence-corrected chi connectivity index (χ4v) is 5.52. The van der Waals surface area contributed by atoms with Crippen LogP contribution in [0.3, 0.4) is 0 Å². The monoisotopic (exact) mass is 849 g/mol. The number of nitrogens with one attached hydrogen (secondary N) is 8. The van der Waals surface area contributed by atoms with Gasteiger partial charge in [-0.2, -0.15) is 0 Å². The topological polar surface area (TPSA) is 313 Å². The number of carboxylic acids is 1. The molecule has 2 rings (SSSR count). The lowest BCUT2D eigenvalue weighted by molar-refractivity contribution is -0.141. The molecule has 2 aromatic carbocycles. The molecule has 0 fully saturated rings. The van der Waals surface area contributed by atoms with Gasteiger partial charge >= 0.3 is 5.97 Å². The van der Waals surface area contributed by atoms with Gasteiger partial charge in [-0.25, -0.2) is 4.79 Å². The molecule has 0 bridgehead atoms. The quantitative estimate of drug-likeness (QED) is 0.0501. The molecule has 20 nitrogen and oxygen atoms in total. The van der Waals surface area contributed by atoms with E-state index >= 15 is 0 Å². The summed E-state index contributed by atoms with van der Waals surface area (Å²) in [6.07, 6.45) is 1.47. The highest BCUT2D eigenvalue weighted by molar-refractivity contribution is 6.00. The van der Waals surface area contributed by atoms with Crippen LogP contribution in [0.5, 0.6) is 0 Å². The lowest BCUT2D eigenvalue weighted by atomic mass is 9.98. The van der Waals surface area contributed by atoms with Crippen LogP contribution in [0.4, 0.5) is 0 Å². The highest BCUT2D eigenvalue weighted by Gasteiger charge is 2.33. The van der Waals surface area contributed by atoms with Crippen molar-refractivity contribution in [2.45, 2.75) is 77.7 Å². The van der Waals surface area contributed by atoms with Gasteiger partial charge in [-0.3, -0.25) is 43.2 Å². The standard InChI is InChI=1S/C41H55N9O11/c1-23(2)35(37(42)56)49-40(59)36(24(3)4)50-38(57)28(18-26-12-8-6-9-13-26)48-39(58)30(20-43-25(5)51)47-32(53)17-16-31(52)44-21-33(54)45-22-34(55)46-29(41(60)61)19-27-14-10-7-11-15-27/h6-17,23-24,28-30,35-36H,18-22H2,1-5H3,(H2,42,56)(H,43,51)(H,44,52)(H,45,54)(H,46,55)(H,47,53)(H,48,58)(H,49,59)(H,50,57)(H,60,61)/b17-16+/t28-,29-,30-,35-,36-/m0/s1. The number of nitrogens with two attached hydrogens (primary N) is 1. The summed E-state index contributed by atoms with van der Waals surface area (Å²) in [4.78, 5) is 126. The third-order valence-corrected chi connectivity index (χ3v) is 8.79. The zero-order valence-electron chi connectivity index (χ0n) is 34.6. The average molecular weight is 850 g/mol. The Morgan fingerprint density at radius 2 is 1.05 bits per heavy atom. The van der Waals surface area contributed by atoms with Crippen LogP contribution in [0, 0.1) is 11.8 Å². The van der Waals surface area contributed by atoms with Gasteiger partial charge in [0, 0.05) is 38.5 Å². The Bertz CT molecular complexity index is 1910. The molecule has 11 N–H and O–H groups in total. The van der Waals surface area contributed by atoms with E-state index in [1.54, 1.807) is 88.4 Å². The summed E-state index contributed by atoms with van der Waals surface area (Å²) in [6.45, 7) is 6.25. The molecule has 9 amide bonds. The Morgan fingerprint density at radius 1 is 0.557 bits per heavy atom. The lowest BCUT2D eigenvalue weighted by Crippen LogP contribution is -2.61. The van der Waals surface area contributed by atoms with Gasteiger partial charge in [-0.15, -0.1) is 0 Å². The molecule has 0 saturated carbocycles. The van der Waals surface area contributed by atoms with E-state index in [1.165, 1.54) is 6.92 Å². The summed E-state index contributed by atoms with van der Waals surface area (Å²) in [5.74, 6) is -9.23. The number of amides is 9. The molecule has 0 heterocycles. The third kappa shape index (κ3) is 19.0. The van der Waals surface area contributed by atoms with E-state index in [0.29, 0.717) is 11.1 Å². The van der Waals surface area contributed by atoms with Crippen molar-refractivity contribution in [3.8, 4) is 0 Å². The normalized spacial score (nSPS) is 13.4. The van der Waals surface area contributed by atoms with Crippen LogP contribution in [-0.4, -0.2) is 114 Å². The molecule has 0 aliphatic heterocycles. The summed E-state index contributed by atoms with van der Waals surface area (Å²) >= 11 is 0. The van der Waals surface area contributed by atoms with Gasteiger partial charge in [-0.1, -0.05) is 88.4 Å². The Labute approximate surface area is 353 Å². The highest BCUT2D eigenvalue weighted by Crippen LogP contribution is 2.09. The molecule has 61 heavy (non-hydrogen) atoms. The van der Waals surface area contributed by atoms with Crippen molar-refractivity contribution in [1.29, 1.82) is 0 Å². The van der Waals surface area contributed by atoms with E-state index in [0.717, 1.165) is 12.2 Å². The Hall–Kier alpha value is -7.12. The summed E-state index contributed by atoms with van der Waals surface area (Å²) in [5.41, 5.74) is 6.76. The third-order valence-electron chi connectivity index (χ3n) is 8.79. The van der Waals surface area contributed by atoms with Crippen LogP contribution in [0.15, 0.2) is 72.8 Å². The smallest absolute Gasteiger partial charge is 0.326 e. The van der Waals surface area contributed by atoms with Crippen molar-refractivity contribution in [3.05, 3.63) is 83.9 Å². The van der Waals surface area contributed by atoms with Gasteiger partial charge in [-0.05, 0) is 23.0 Å². The van der Waals surface area contributed by atoms with E-state index in [4.69, 9.17) is 5.73 Å². The number of hydrogen-bond acceptors (Lipinski definition) is 10. The van der Waals surface area contributed by atoms with Crippen LogP contribution in [0.2, 0.25) is 0 Å². The zero-order chi connectivity index (χ0) is 45.6. The number of carbonyl (C=O) groups excluding carboxylic acids is 9. The number of rotatable bonds is 24. The number of benzene rings is 2. The molecule has 0 radical (unpaired) electrons. The molecule has 2 aromatic rings. The molecule has 5 atom stereocenters. The van der Waals surface area contributed by atoms with Crippen molar-refractivity contribution in [2.75, 3.05) is 19.6 Å². The number of primary amides is 1. The van der Waals surface area contributed by atoms with Crippen LogP contribution < -0.4 is 48.3 Å². The van der Waals surface area contributed by atoms with Gasteiger partial charge in [0.15, 0.2) is 0 Å². The van der Waals surface area contributed by atoms with E-state index in [1.807, 2.05) is 0 Å². The second-order valence-corrected chi connectivity index (χ2v) is 14.6. The molecule has 0 aliphatic rings. The Balaban J connectivity index is 2.07. The molecular weight excluding hydrogens is 795 g/mol. The molecule has 330 valence electrons. The first kappa shape index (κ1) is 50.0. The van der Waals surface area contributed by atoms with Crippen LogP contribution in [-0.2, 0) is 60.8 Å². The van der Waals surface area contributed by atoms with Crippen LogP contribution >= 0.6 is 0 Å². The largest absolute Gasteiger partial charge is 0.480 e. The van der Waals surface area contributed by atoms with Gasteiger partial charge < -0.3 is 53.4 Å². The molecular formula is C41H55N9O11. The minimum absolute atomic E-state index is 0.0113. The van der Waals surface area contributed by atoms with Crippen LogP contribution in [0.1, 0.15) is 45.7 Å².